The summed E-state index contributed by atoms with van der Waals surface area (Å²) >= 11 is 0. The summed E-state index contributed by atoms with van der Waals surface area (Å²) in [6.07, 6.45) is 6.61. The molecule has 0 radical (unpaired) electrons. The van der Waals surface area contributed by atoms with Crippen molar-refractivity contribution in [1.82, 2.24) is 4.90 Å². The Balaban J connectivity index is 2.88. The first-order valence-corrected chi connectivity index (χ1v) is 9.28. The van der Waals surface area contributed by atoms with Gasteiger partial charge in [-0.1, -0.05) is 54.4 Å². The molecule has 1 rings (SSSR count). The van der Waals surface area contributed by atoms with Crippen LogP contribution < -0.4 is 5.73 Å². The molecule has 1 aliphatic rings. The summed E-state index contributed by atoms with van der Waals surface area (Å²) in [6, 6.07) is 0. The van der Waals surface area contributed by atoms with E-state index in [1.165, 1.54) is 45.2 Å². The van der Waals surface area contributed by atoms with Crippen molar-refractivity contribution in [1.29, 1.82) is 0 Å². The summed E-state index contributed by atoms with van der Waals surface area (Å²) in [7, 11) is 0. The van der Waals surface area contributed by atoms with Gasteiger partial charge in [0, 0.05) is 12.1 Å². The van der Waals surface area contributed by atoms with Gasteiger partial charge in [-0.2, -0.15) is 0 Å². The fourth-order valence-corrected chi connectivity index (χ4v) is 3.99. The Morgan fingerprint density at radius 2 is 1.57 bits per heavy atom. The molecule has 0 aromatic rings. The van der Waals surface area contributed by atoms with E-state index in [-0.39, 0.29) is 5.54 Å². The maximum atomic E-state index is 6.36. The van der Waals surface area contributed by atoms with Crippen molar-refractivity contribution in [2.24, 2.45) is 29.4 Å². The minimum Gasteiger partial charge on any atom is -0.329 e. The Bertz CT molecular complexity index is 275. The maximum absolute atomic E-state index is 6.36. The van der Waals surface area contributed by atoms with Crippen LogP contribution in [0.3, 0.4) is 0 Å². The third-order valence-electron chi connectivity index (χ3n) is 5.91. The molecule has 1 aliphatic carbocycles. The molecule has 126 valence electrons. The number of rotatable bonds is 8. The molecule has 1 saturated carbocycles. The highest BCUT2D eigenvalue weighted by Crippen LogP contribution is 2.41. The molecular formula is C19H40N2. The molecular weight excluding hydrogens is 256 g/mol. The predicted octanol–water partition coefficient (Wildman–Crippen LogP) is 4.53. The van der Waals surface area contributed by atoms with Gasteiger partial charge in [0.25, 0.3) is 0 Å². The summed E-state index contributed by atoms with van der Waals surface area (Å²) in [6.45, 7) is 17.5. The van der Waals surface area contributed by atoms with Crippen molar-refractivity contribution in [3.63, 3.8) is 0 Å². The molecule has 0 spiro atoms. The SMILES string of the molecule is CC(C)CCN(CCC(C)C)C1(CN)CCCC(C)C1C. The fraction of sp³-hybridized carbons (Fsp3) is 1.00. The maximum Gasteiger partial charge on any atom is 0.0359 e. The molecule has 0 aromatic heterocycles. The molecule has 0 aromatic carbocycles. The minimum absolute atomic E-state index is 0.251. The second-order valence-corrected chi connectivity index (χ2v) is 8.32. The lowest BCUT2D eigenvalue weighted by atomic mass is 9.67. The normalized spacial score (nSPS) is 30.6. The molecule has 0 amide bonds. The molecule has 21 heavy (non-hydrogen) atoms. The summed E-state index contributed by atoms with van der Waals surface area (Å²) in [5, 5.41) is 0. The summed E-state index contributed by atoms with van der Waals surface area (Å²) in [4.78, 5) is 2.79. The lowest BCUT2D eigenvalue weighted by Crippen LogP contribution is -2.61. The number of hydrogen-bond acceptors (Lipinski definition) is 2. The summed E-state index contributed by atoms with van der Waals surface area (Å²) in [5.41, 5.74) is 6.61. The van der Waals surface area contributed by atoms with Crippen LogP contribution >= 0.6 is 0 Å². The van der Waals surface area contributed by atoms with Gasteiger partial charge in [0.2, 0.25) is 0 Å². The van der Waals surface area contributed by atoms with Crippen LogP contribution in [0.25, 0.3) is 0 Å². The zero-order valence-corrected chi connectivity index (χ0v) is 15.5. The third kappa shape index (κ3) is 4.96. The van der Waals surface area contributed by atoms with Crippen molar-refractivity contribution in [3.05, 3.63) is 0 Å². The van der Waals surface area contributed by atoms with E-state index >= 15 is 0 Å². The Morgan fingerprint density at radius 3 is 2.00 bits per heavy atom. The van der Waals surface area contributed by atoms with E-state index in [1.807, 2.05) is 0 Å². The molecule has 0 saturated heterocycles. The standard InChI is InChI=1S/C19H40N2/c1-15(2)9-12-21(13-10-16(3)4)19(14-20)11-7-8-17(5)18(19)6/h15-18H,7-14,20H2,1-6H3. The van der Waals surface area contributed by atoms with Gasteiger partial charge in [-0.3, -0.25) is 4.90 Å². The lowest BCUT2D eigenvalue weighted by Gasteiger charge is -2.53. The average molecular weight is 297 g/mol. The van der Waals surface area contributed by atoms with Crippen LogP contribution in [-0.4, -0.2) is 30.1 Å². The third-order valence-corrected chi connectivity index (χ3v) is 5.91. The fourth-order valence-electron chi connectivity index (χ4n) is 3.99. The number of nitrogens with two attached hydrogens (primary N) is 1. The first-order valence-electron chi connectivity index (χ1n) is 9.28. The van der Waals surface area contributed by atoms with Crippen molar-refractivity contribution in [3.8, 4) is 0 Å². The monoisotopic (exact) mass is 296 g/mol. The van der Waals surface area contributed by atoms with E-state index in [0.717, 1.165) is 30.2 Å². The molecule has 0 heterocycles. The zero-order chi connectivity index (χ0) is 16.0. The van der Waals surface area contributed by atoms with Gasteiger partial charge < -0.3 is 5.73 Å². The van der Waals surface area contributed by atoms with Crippen molar-refractivity contribution in [2.75, 3.05) is 19.6 Å². The van der Waals surface area contributed by atoms with Gasteiger partial charge in [-0.25, -0.2) is 0 Å². The zero-order valence-electron chi connectivity index (χ0n) is 15.5. The van der Waals surface area contributed by atoms with Crippen LogP contribution in [0.2, 0.25) is 0 Å². The van der Waals surface area contributed by atoms with Gasteiger partial charge in [0.15, 0.2) is 0 Å². The highest BCUT2D eigenvalue weighted by Gasteiger charge is 2.44. The Hall–Kier alpha value is -0.0800. The van der Waals surface area contributed by atoms with E-state index in [4.69, 9.17) is 5.73 Å². The molecule has 2 heteroatoms. The Labute approximate surface area is 133 Å². The first kappa shape index (κ1) is 19.0. The van der Waals surface area contributed by atoms with Gasteiger partial charge in [0.05, 0.1) is 0 Å². The van der Waals surface area contributed by atoms with Crippen LogP contribution in [-0.2, 0) is 0 Å². The smallest absolute Gasteiger partial charge is 0.0359 e. The molecule has 3 unspecified atom stereocenters. The molecule has 0 bridgehead atoms. The first-order chi connectivity index (χ1) is 9.83. The Morgan fingerprint density at radius 1 is 1.05 bits per heavy atom. The average Bonchev–Trinajstić information content (AvgIpc) is 2.42. The molecule has 2 N–H and O–H groups in total. The molecule has 0 aliphatic heterocycles. The van der Waals surface area contributed by atoms with E-state index in [0.29, 0.717) is 0 Å². The van der Waals surface area contributed by atoms with Crippen molar-refractivity contribution < 1.29 is 0 Å². The van der Waals surface area contributed by atoms with Crippen LogP contribution in [0, 0.1) is 23.7 Å². The van der Waals surface area contributed by atoms with Gasteiger partial charge in [0.1, 0.15) is 0 Å². The van der Waals surface area contributed by atoms with Crippen LogP contribution in [0.5, 0.6) is 0 Å². The van der Waals surface area contributed by atoms with Gasteiger partial charge in [-0.05, 0) is 56.0 Å². The number of nitrogens with zero attached hydrogens (tertiary/aromatic N) is 1. The van der Waals surface area contributed by atoms with Crippen molar-refractivity contribution >= 4 is 0 Å². The molecule has 1 fully saturated rings. The van der Waals surface area contributed by atoms with Crippen LogP contribution in [0.15, 0.2) is 0 Å². The van der Waals surface area contributed by atoms with Gasteiger partial charge >= 0.3 is 0 Å². The van der Waals surface area contributed by atoms with Crippen LogP contribution in [0.1, 0.15) is 73.6 Å². The second kappa shape index (κ2) is 8.53. The quantitative estimate of drug-likeness (QED) is 0.713. The summed E-state index contributed by atoms with van der Waals surface area (Å²) < 4.78 is 0. The van der Waals surface area contributed by atoms with Crippen molar-refractivity contribution in [2.45, 2.75) is 79.2 Å². The molecule has 2 nitrogen and oxygen atoms in total. The minimum atomic E-state index is 0.251. The largest absolute Gasteiger partial charge is 0.329 e. The summed E-state index contributed by atoms with van der Waals surface area (Å²) in [5.74, 6) is 3.08. The van der Waals surface area contributed by atoms with Crippen LogP contribution in [0.4, 0.5) is 0 Å². The van der Waals surface area contributed by atoms with E-state index in [1.54, 1.807) is 0 Å². The molecule has 3 atom stereocenters. The lowest BCUT2D eigenvalue weighted by molar-refractivity contribution is -0.0158. The highest BCUT2D eigenvalue weighted by atomic mass is 15.2. The Kier molecular flexibility index (Phi) is 7.70. The highest BCUT2D eigenvalue weighted by molar-refractivity contribution is 5.00. The topological polar surface area (TPSA) is 29.3 Å². The van der Waals surface area contributed by atoms with E-state index in [2.05, 4.69) is 46.4 Å². The van der Waals surface area contributed by atoms with E-state index in [9.17, 15) is 0 Å². The number of hydrogen-bond donors (Lipinski definition) is 1. The van der Waals surface area contributed by atoms with E-state index < -0.39 is 0 Å². The van der Waals surface area contributed by atoms with Gasteiger partial charge in [-0.15, -0.1) is 0 Å². The second-order valence-electron chi connectivity index (χ2n) is 8.32. The predicted molar refractivity (Wildman–Crippen MR) is 94.4 cm³/mol.